The smallest absolute Gasteiger partial charge is 0.354 e. The minimum Gasteiger partial charge on any atom is -0.493 e. The molecule has 1 spiro atoms. The number of benzene rings is 2. The summed E-state index contributed by atoms with van der Waals surface area (Å²) in [6.07, 6.45) is 6.26. The number of piperidine rings is 1. The number of nitrogens with zero attached hydrogens (tertiary/aromatic N) is 4. The molecule has 2 aromatic carbocycles. The molecule has 0 unspecified atom stereocenters. The monoisotopic (exact) mass is 610 g/mol. The molecule has 4 heterocycles. The highest BCUT2D eigenvalue weighted by Gasteiger charge is 2.44. The highest BCUT2D eigenvalue weighted by molar-refractivity contribution is 6.02. The van der Waals surface area contributed by atoms with Crippen LogP contribution in [0.5, 0.6) is 17.2 Å². The number of likely N-dealkylation sites (tertiary alicyclic amines) is 1. The molecular weight excluding hydrogens is 576 g/mol. The molecule has 6 rings (SSSR count). The summed E-state index contributed by atoms with van der Waals surface area (Å²) in [6, 6.07) is 12.0. The summed E-state index contributed by atoms with van der Waals surface area (Å²) < 4.78 is 20.1. The SMILES string of the molecule is CCOc1cc(C(=O)N2CCC3(CC2)CC(=O)c2cc(-c4ccnc(C(=O)O)c4)ccc2O3)cc(OCC)c1-c1cnn(C)c1. The summed E-state index contributed by atoms with van der Waals surface area (Å²) in [5.41, 5.74) is 3.10. The van der Waals surface area contributed by atoms with Gasteiger partial charge in [-0.25, -0.2) is 9.78 Å². The number of carboxylic acids is 1. The van der Waals surface area contributed by atoms with Crippen LogP contribution in [0.25, 0.3) is 22.3 Å². The van der Waals surface area contributed by atoms with E-state index in [0.29, 0.717) is 78.6 Å². The molecular formula is C34H34N4O7. The number of fused-ring (bicyclic) bond motifs is 1. The first kappa shape index (κ1) is 29.9. The molecule has 0 aliphatic carbocycles. The first-order chi connectivity index (χ1) is 21.7. The largest absolute Gasteiger partial charge is 0.493 e. The van der Waals surface area contributed by atoms with Gasteiger partial charge in [-0.2, -0.15) is 5.10 Å². The molecule has 2 aliphatic rings. The normalized spacial score (nSPS) is 15.4. The molecule has 4 aromatic rings. The van der Waals surface area contributed by atoms with Crippen molar-refractivity contribution in [1.82, 2.24) is 19.7 Å². The van der Waals surface area contributed by atoms with E-state index in [1.54, 1.807) is 46.1 Å². The van der Waals surface area contributed by atoms with E-state index in [9.17, 15) is 19.5 Å². The van der Waals surface area contributed by atoms with Crippen molar-refractivity contribution in [3.63, 3.8) is 0 Å². The maximum Gasteiger partial charge on any atom is 0.354 e. The first-order valence-electron chi connectivity index (χ1n) is 15.0. The number of carbonyl (C=O) groups excluding carboxylic acids is 2. The number of ketones is 1. The van der Waals surface area contributed by atoms with Gasteiger partial charge in [0, 0.05) is 56.5 Å². The van der Waals surface area contributed by atoms with E-state index < -0.39 is 11.6 Å². The van der Waals surface area contributed by atoms with Gasteiger partial charge in [0.1, 0.15) is 28.5 Å². The number of amides is 1. The van der Waals surface area contributed by atoms with Gasteiger partial charge in [-0.15, -0.1) is 0 Å². The molecule has 0 saturated carbocycles. The van der Waals surface area contributed by atoms with Gasteiger partial charge in [-0.05, 0) is 61.4 Å². The van der Waals surface area contributed by atoms with Gasteiger partial charge in [-0.1, -0.05) is 6.07 Å². The lowest BCUT2D eigenvalue weighted by Crippen LogP contribution is -2.52. The Kier molecular flexibility index (Phi) is 8.01. The minimum atomic E-state index is -1.12. The molecule has 0 atom stereocenters. The van der Waals surface area contributed by atoms with Gasteiger partial charge in [0.25, 0.3) is 5.91 Å². The Bertz CT molecular complexity index is 1760. The summed E-state index contributed by atoms with van der Waals surface area (Å²) in [4.78, 5) is 44.2. The van der Waals surface area contributed by atoms with Gasteiger partial charge >= 0.3 is 5.97 Å². The summed E-state index contributed by atoms with van der Waals surface area (Å²) in [5, 5.41) is 13.6. The van der Waals surface area contributed by atoms with Crippen molar-refractivity contribution >= 4 is 17.7 Å². The summed E-state index contributed by atoms with van der Waals surface area (Å²) >= 11 is 0. The second-order valence-electron chi connectivity index (χ2n) is 11.2. The lowest BCUT2D eigenvalue weighted by Gasteiger charge is -2.44. The summed E-state index contributed by atoms with van der Waals surface area (Å²) in [5.74, 6) is 0.296. The highest BCUT2D eigenvalue weighted by atomic mass is 16.5. The van der Waals surface area contributed by atoms with Crippen LogP contribution in [0.1, 0.15) is 64.3 Å². The van der Waals surface area contributed by atoms with Crippen LogP contribution in [0.3, 0.4) is 0 Å². The quantitative estimate of drug-likeness (QED) is 0.283. The van der Waals surface area contributed by atoms with Crippen molar-refractivity contribution in [2.45, 2.75) is 38.7 Å². The number of aromatic carboxylic acids is 1. The van der Waals surface area contributed by atoms with Crippen LogP contribution < -0.4 is 14.2 Å². The second kappa shape index (κ2) is 12.1. The van der Waals surface area contributed by atoms with E-state index in [0.717, 1.165) is 11.1 Å². The standard InChI is InChI=1S/C34H34N4O7/c1-4-43-29-16-23(17-30(44-5-2)31(29)24-19-36-37(3)20-24)32(40)38-12-9-34(10-13-38)18-27(39)25-14-21(6-7-28(25)45-34)22-8-11-35-26(15-22)33(41)42/h6-8,11,14-17,19-20H,4-5,9-10,12-13,18H2,1-3H3,(H,41,42). The summed E-state index contributed by atoms with van der Waals surface area (Å²) in [7, 11) is 1.84. The number of hydrogen-bond acceptors (Lipinski definition) is 8. The Morgan fingerprint density at radius 1 is 0.978 bits per heavy atom. The molecule has 1 N–H and O–H groups in total. The number of pyridine rings is 1. The maximum atomic E-state index is 13.8. The predicted molar refractivity (Wildman–Crippen MR) is 165 cm³/mol. The van der Waals surface area contributed by atoms with E-state index >= 15 is 0 Å². The van der Waals surface area contributed by atoms with E-state index in [-0.39, 0.29) is 23.8 Å². The van der Waals surface area contributed by atoms with Crippen molar-refractivity contribution in [1.29, 1.82) is 0 Å². The molecule has 2 aromatic heterocycles. The van der Waals surface area contributed by atoms with Gasteiger partial charge in [0.15, 0.2) is 5.78 Å². The molecule has 2 aliphatic heterocycles. The molecule has 1 saturated heterocycles. The van der Waals surface area contributed by atoms with Gasteiger partial charge < -0.3 is 24.2 Å². The number of Topliss-reactive ketones (excluding diaryl/α,β-unsaturated/α-hetero) is 1. The van der Waals surface area contributed by atoms with E-state index in [1.165, 1.54) is 12.3 Å². The lowest BCUT2D eigenvalue weighted by molar-refractivity contribution is -0.00573. The molecule has 0 radical (unpaired) electrons. The fourth-order valence-corrected chi connectivity index (χ4v) is 6.07. The number of aryl methyl sites for hydroxylation is 1. The third-order valence-corrected chi connectivity index (χ3v) is 8.27. The van der Waals surface area contributed by atoms with E-state index in [4.69, 9.17) is 14.2 Å². The Hall–Kier alpha value is -5.19. The van der Waals surface area contributed by atoms with Crippen LogP contribution in [0.2, 0.25) is 0 Å². The van der Waals surface area contributed by atoms with Crippen LogP contribution in [0.15, 0.2) is 61.1 Å². The molecule has 0 bridgehead atoms. The Morgan fingerprint density at radius 3 is 2.29 bits per heavy atom. The third kappa shape index (κ3) is 5.85. The average Bonchev–Trinajstić information content (AvgIpc) is 3.46. The Balaban J connectivity index is 1.20. The number of carboxylic acid groups (broad SMARTS) is 1. The topological polar surface area (TPSA) is 133 Å². The number of ether oxygens (including phenoxy) is 3. The average molecular weight is 611 g/mol. The number of rotatable bonds is 8. The molecule has 232 valence electrons. The molecule has 11 nitrogen and oxygen atoms in total. The number of aromatic nitrogens is 3. The minimum absolute atomic E-state index is 0.0425. The van der Waals surface area contributed by atoms with Gasteiger partial charge in [0.05, 0.1) is 37.0 Å². The Morgan fingerprint density at radius 2 is 1.67 bits per heavy atom. The van der Waals surface area contributed by atoms with E-state index in [1.807, 2.05) is 33.2 Å². The second-order valence-corrected chi connectivity index (χ2v) is 11.2. The van der Waals surface area contributed by atoms with Crippen molar-refractivity contribution < 1.29 is 33.7 Å². The first-order valence-corrected chi connectivity index (χ1v) is 15.0. The summed E-state index contributed by atoms with van der Waals surface area (Å²) in [6.45, 7) is 5.47. The van der Waals surface area contributed by atoms with Crippen LogP contribution in [0, 0.1) is 0 Å². The fourth-order valence-electron chi connectivity index (χ4n) is 6.07. The Labute approximate surface area is 260 Å². The van der Waals surface area contributed by atoms with E-state index in [2.05, 4.69) is 10.1 Å². The zero-order chi connectivity index (χ0) is 31.7. The maximum absolute atomic E-state index is 13.8. The zero-order valence-corrected chi connectivity index (χ0v) is 25.4. The third-order valence-electron chi connectivity index (χ3n) is 8.27. The molecule has 45 heavy (non-hydrogen) atoms. The number of hydrogen-bond donors (Lipinski definition) is 1. The number of carbonyl (C=O) groups is 3. The lowest BCUT2D eigenvalue weighted by atomic mass is 9.82. The van der Waals surface area contributed by atoms with Crippen molar-refractivity contribution in [3.05, 3.63) is 77.9 Å². The predicted octanol–water partition coefficient (Wildman–Crippen LogP) is 5.28. The van der Waals surface area contributed by atoms with Crippen molar-refractivity contribution in [2.75, 3.05) is 26.3 Å². The fraction of sp³-hybridized carbons (Fsp3) is 0.324. The van der Waals surface area contributed by atoms with Crippen molar-refractivity contribution in [3.8, 4) is 39.5 Å². The highest BCUT2D eigenvalue weighted by Crippen LogP contribution is 2.43. The van der Waals surface area contributed by atoms with Crippen LogP contribution in [0.4, 0.5) is 0 Å². The zero-order valence-electron chi connectivity index (χ0n) is 25.4. The van der Waals surface area contributed by atoms with Crippen LogP contribution in [-0.2, 0) is 7.05 Å². The van der Waals surface area contributed by atoms with Crippen LogP contribution >= 0.6 is 0 Å². The van der Waals surface area contributed by atoms with Gasteiger partial charge in [-0.3, -0.25) is 14.3 Å². The molecule has 1 fully saturated rings. The van der Waals surface area contributed by atoms with Crippen molar-refractivity contribution in [2.24, 2.45) is 7.05 Å². The molecule has 11 heteroatoms. The van der Waals surface area contributed by atoms with Gasteiger partial charge in [0.2, 0.25) is 0 Å². The molecule has 1 amide bonds. The van der Waals surface area contributed by atoms with Crippen LogP contribution in [-0.4, -0.2) is 74.3 Å².